The maximum absolute atomic E-state index is 12.0. The monoisotopic (exact) mass is 339 g/mol. The first kappa shape index (κ1) is 17.6. The highest BCUT2D eigenvalue weighted by molar-refractivity contribution is 5.74. The summed E-state index contributed by atoms with van der Waals surface area (Å²) < 4.78 is 10.2. The molecule has 1 heterocycles. The first-order chi connectivity index (χ1) is 11.4. The van der Waals surface area contributed by atoms with E-state index < -0.39 is 28.7 Å². The fourth-order valence-electron chi connectivity index (χ4n) is 2.16. The summed E-state index contributed by atoms with van der Waals surface area (Å²) in [5, 5.41) is 20.0. The fraction of sp³-hybridized carbons (Fsp3) is 0.429. The number of ether oxygens (including phenoxy) is 2. The molecular formula is C14H17N3O7. The third-order valence-corrected chi connectivity index (χ3v) is 3.46. The molecule has 1 fully saturated rings. The maximum atomic E-state index is 12.0. The van der Waals surface area contributed by atoms with Gasteiger partial charge in [0.25, 0.3) is 0 Å². The second kappa shape index (κ2) is 7.70. The summed E-state index contributed by atoms with van der Waals surface area (Å²) in [6, 6.07) is 2.69. The lowest BCUT2D eigenvalue weighted by atomic mass is 10.1. The summed E-state index contributed by atoms with van der Waals surface area (Å²) in [4.78, 5) is 34.7. The van der Waals surface area contributed by atoms with Crippen LogP contribution < -0.4 is 10.5 Å². The van der Waals surface area contributed by atoms with Crippen molar-refractivity contribution in [3.8, 4) is 5.75 Å². The van der Waals surface area contributed by atoms with E-state index in [2.05, 4.69) is 0 Å². The van der Waals surface area contributed by atoms with Crippen molar-refractivity contribution >= 4 is 17.7 Å². The standard InChI is InChI=1S/C14H17N3O7/c15-10(13(18)19)7-9-1-2-12(11(8-9)17(21)22)24-14(20)16-3-5-23-6-4-16/h1-2,8,10H,3-7,15H2,(H,18,19)/t10-/m0/s1. The van der Waals surface area contributed by atoms with Crippen LogP contribution in [0.4, 0.5) is 10.5 Å². The van der Waals surface area contributed by atoms with Crippen molar-refractivity contribution in [3.05, 3.63) is 33.9 Å². The first-order valence-electron chi connectivity index (χ1n) is 7.18. The molecule has 0 radical (unpaired) electrons. The molecule has 0 aliphatic carbocycles. The van der Waals surface area contributed by atoms with E-state index in [4.69, 9.17) is 20.3 Å². The maximum Gasteiger partial charge on any atom is 0.415 e. The molecule has 1 aromatic rings. The average Bonchev–Trinajstić information content (AvgIpc) is 2.56. The van der Waals surface area contributed by atoms with Gasteiger partial charge in [-0.3, -0.25) is 14.9 Å². The van der Waals surface area contributed by atoms with Crippen molar-refractivity contribution in [1.82, 2.24) is 4.90 Å². The Labute approximate surface area is 136 Å². The number of nitro benzene ring substituents is 1. The van der Waals surface area contributed by atoms with Crippen molar-refractivity contribution in [2.45, 2.75) is 12.5 Å². The number of nitrogens with zero attached hydrogens (tertiary/aromatic N) is 2. The van der Waals surface area contributed by atoms with E-state index in [9.17, 15) is 19.7 Å². The Balaban J connectivity index is 2.15. The number of nitrogens with two attached hydrogens (primary N) is 1. The Bertz CT molecular complexity index is 643. The lowest BCUT2D eigenvalue weighted by Gasteiger charge is -2.25. The zero-order valence-electron chi connectivity index (χ0n) is 12.7. The summed E-state index contributed by atoms with van der Waals surface area (Å²) in [6.07, 6.45) is -0.773. The number of hydrogen-bond donors (Lipinski definition) is 2. The minimum absolute atomic E-state index is 0.0755. The van der Waals surface area contributed by atoms with Crippen LogP contribution in [-0.2, 0) is 16.0 Å². The largest absolute Gasteiger partial charge is 0.480 e. The van der Waals surface area contributed by atoms with Gasteiger partial charge in [-0.05, 0) is 18.1 Å². The second-order valence-electron chi connectivity index (χ2n) is 5.18. The van der Waals surface area contributed by atoms with Gasteiger partial charge in [-0.1, -0.05) is 6.07 Å². The Hall–Kier alpha value is -2.72. The first-order valence-corrected chi connectivity index (χ1v) is 7.18. The lowest BCUT2D eigenvalue weighted by Crippen LogP contribution is -2.42. The number of nitro groups is 1. The Morgan fingerprint density at radius 3 is 2.67 bits per heavy atom. The number of rotatable bonds is 5. The highest BCUT2D eigenvalue weighted by atomic mass is 16.6. The van der Waals surface area contributed by atoms with Crippen LogP contribution >= 0.6 is 0 Å². The molecule has 1 aromatic carbocycles. The molecule has 0 spiro atoms. The molecule has 3 N–H and O–H groups in total. The highest BCUT2D eigenvalue weighted by Gasteiger charge is 2.24. The molecule has 10 nitrogen and oxygen atoms in total. The molecule has 0 saturated carbocycles. The highest BCUT2D eigenvalue weighted by Crippen LogP contribution is 2.29. The summed E-state index contributed by atoms with van der Waals surface area (Å²) in [6.45, 7) is 1.45. The van der Waals surface area contributed by atoms with Gasteiger partial charge in [0.15, 0.2) is 0 Å². The summed E-state index contributed by atoms with van der Waals surface area (Å²) >= 11 is 0. The van der Waals surface area contributed by atoms with Gasteiger partial charge in [0.2, 0.25) is 5.75 Å². The molecule has 1 saturated heterocycles. The normalized spacial score (nSPS) is 15.6. The van der Waals surface area contributed by atoms with Gasteiger partial charge in [0.05, 0.1) is 18.1 Å². The minimum atomic E-state index is -1.21. The van der Waals surface area contributed by atoms with Gasteiger partial charge in [0, 0.05) is 19.2 Å². The van der Waals surface area contributed by atoms with E-state index >= 15 is 0 Å². The lowest BCUT2D eigenvalue weighted by molar-refractivity contribution is -0.385. The number of carboxylic acids is 1. The Morgan fingerprint density at radius 2 is 2.08 bits per heavy atom. The summed E-state index contributed by atoms with van der Waals surface area (Å²) in [7, 11) is 0. The van der Waals surface area contributed by atoms with Crippen molar-refractivity contribution in [1.29, 1.82) is 0 Å². The van der Waals surface area contributed by atoms with E-state index in [-0.39, 0.29) is 12.2 Å². The van der Waals surface area contributed by atoms with E-state index in [1.54, 1.807) is 0 Å². The Kier molecular flexibility index (Phi) is 5.66. The molecule has 10 heteroatoms. The number of hydrogen-bond acceptors (Lipinski definition) is 7. The molecule has 1 aliphatic rings. The van der Waals surface area contributed by atoms with Crippen LogP contribution in [0.3, 0.4) is 0 Å². The van der Waals surface area contributed by atoms with Gasteiger partial charge < -0.3 is 25.2 Å². The minimum Gasteiger partial charge on any atom is -0.480 e. The topological polar surface area (TPSA) is 145 Å². The fourth-order valence-corrected chi connectivity index (χ4v) is 2.16. The summed E-state index contributed by atoms with van der Waals surface area (Å²) in [5.41, 5.74) is 5.36. The molecule has 2 rings (SSSR count). The van der Waals surface area contributed by atoms with Gasteiger partial charge in [-0.25, -0.2) is 4.79 Å². The van der Waals surface area contributed by atoms with Crippen molar-refractivity contribution in [2.24, 2.45) is 5.73 Å². The van der Waals surface area contributed by atoms with Crippen LogP contribution in [0.25, 0.3) is 0 Å². The van der Waals surface area contributed by atoms with E-state index in [0.29, 0.717) is 31.9 Å². The zero-order chi connectivity index (χ0) is 17.7. The van der Waals surface area contributed by atoms with Gasteiger partial charge in [-0.15, -0.1) is 0 Å². The second-order valence-corrected chi connectivity index (χ2v) is 5.18. The van der Waals surface area contributed by atoms with Crippen molar-refractivity contribution < 1.29 is 29.1 Å². The average molecular weight is 339 g/mol. The third kappa shape index (κ3) is 4.40. The number of aliphatic carboxylic acids is 1. The SMILES string of the molecule is N[C@@H](Cc1ccc(OC(=O)N2CCOCC2)c([N+](=O)[O-])c1)C(=O)O. The number of morpholine rings is 1. The number of carbonyl (C=O) groups excluding carboxylic acids is 1. The number of carbonyl (C=O) groups is 2. The van der Waals surface area contributed by atoms with Gasteiger partial charge >= 0.3 is 17.7 Å². The predicted octanol–water partition coefficient (Wildman–Crippen LogP) is 0.380. The van der Waals surface area contributed by atoms with Crippen LogP contribution in [0.5, 0.6) is 5.75 Å². The molecule has 0 unspecified atom stereocenters. The third-order valence-electron chi connectivity index (χ3n) is 3.46. The number of benzene rings is 1. The smallest absolute Gasteiger partial charge is 0.415 e. The van der Waals surface area contributed by atoms with Gasteiger partial charge in [-0.2, -0.15) is 0 Å². The molecule has 130 valence electrons. The molecule has 1 amide bonds. The zero-order valence-corrected chi connectivity index (χ0v) is 12.7. The molecule has 1 aliphatic heterocycles. The van der Waals surface area contributed by atoms with Crippen LogP contribution in [0.2, 0.25) is 0 Å². The van der Waals surface area contributed by atoms with Crippen LogP contribution in [0.1, 0.15) is 5.56 Å². The quantitative estimate of drug-likeness (QED) is 0.578. The van der Waals surface area contributed by atoms with Crippen LogP contribution in [0, 0.1) is 10.1 Å². The Morgan fingerprint density at radius 1 is 1.42 bits per heavy atom. The molecule has 24 heavy (non-hydrogen) atoms. The van der Waals surface area contributed by atoms with Crippen molar-refractivity contribution in [3.63, 3.8) is 0 Å². The number of amides is 1. The number of carboxylic acid groups (broad SMARTS) is 1. The van der Waals surface area contributed by atoms with Crippen LogP contribution in [0.15, 0.2) is 18.2 Å². The van der Waals surface area contributed by atoms with E-state index in [1.807, 2.05) is 0 Å². The molecule has 0 bridgehead atoms. The predicted molar refractivity (Wildman–Crippen MR) is 80.8 cm³/mol. The van der Waals surface area contributed by atoms with Gasteiger partial charge in [0.1, 0.15) is 6.04 Å². The molecular weight excluding hydrogens is 322 g/mol. The van der Waals surface area contributed by atoms with Crippen LogP contribution in [-0.4, -0.2) is 59.3 Å². The molecule has 1 atom stereocenters. The molecule has 0 aromatic heterocycles. The summed E-state index contributed by atoms with van der Waals surface area (Å²) in [5.74, 6) is -1.41. The van der Waals surface area contributed by atoms with E-state index in [0.717, 1.165) is 6.07 Å². The van der Waals surface area contributed by atoms with E-state index in [1.165, 1.54) is 17.0 Å². The van der Waals surface area contributed by atoms with Crippen molar-refractivity contribution in [2.75, 3.05) is 26.3 Å².